The van der Waals surface area contributed by atoms with Crippen molar-refractivity contribution < 1.29 is 14.7 Å². The molecule has 0 unspecified atom stereocenters. The highest BCUT2D eigenvalue weighted by molar-refractivity contribution is 8.00. The molecule has 0 bridgehead atoms. The van der Waals surface area contributed by atoms with E-state index in [1.807, 2.05) is 31.2 Å². The summed E-state index contributed by atoms with van der Waals surface area (Å²) in [6.45, 7) is 3.42. The first-order chi connectivity index (χ1) is 13.9. The minimum absolute atomic E-state index is 0.219. The first-order valence-electron chi connectivity index (χ1n) is 9.19. The van der Waals surface area contributed by atoms with Gasteiger partial charge >= 0.3 is 5.97 Å². The Morgan fingerprint density at radius 1 is 1.24 bits per heavy atom. The van der Waals surface area contributed by atoms with Gasteiger partial charge in [-0.3, -0.25) is 19.0 Å². The maximum absolute atomic E-state index is 12.8. The molecule has 0 aliphatic rings. The second-order valence-corrected chi connectivity index (χ2v) is 8.45. The summed E-state index contributed by atoms with van der Waals surface area (Å²) < 4.78 is 1.53. The molecule has 0 radical (unpaired) electrons. The van der Waals surface area contributed by atoms with Crippen LogP contribution in [-0.4, -0.2) is 31.8 Å². The number of hydrogen-bond acceptors (Lipinski definition) is 6. The summed E-state index contributed by atoms with van der Waals surface area (Å²) in [5.41, 5.74) is 1.97. The number of carboxylic acid groups (broad SMARTS) is 1. The number of carbonyl (C=O) groups excluding carboxylic acids is 1. The fourth-order valence-corrected chi connectivity index (χ4v) is 4.58. The van der Waals surface area contributed by atoms with E-state index in [0.29, 0.717) is 22.3 Å². The number of hydrogen-bond donors (Lipinski definition) is 2. The smallest absolute Gasteiger partial charge is 0.323 e. The highest BCUT2D eigenvalue weighted by Crippen LogP contribution is 2.27. The van der Waals surface area contributed by atoms with Crippen LogP contribution in [0.3, 0.4) is 0 Å². The van der Waals surface area contributed by atoms with Gasteiger partial charge in [0.1, 0.15) is 11.2 Å². The largest absolute Gasteiger partial charge is 0.480 e. The Kier molecular flexibility index (Phi) is 6.71. The molecule has 1 amide bonds. The van der Waals surface area contributed by atoms with Crippen molar-refractivity contribution in [3.05, 3.63) is 51.6 Å². The number of fused-ring (bicyclic) bond motifs is 1. The van der Waals surface area contributed by atoms with Crippen molar-refractivity contribution in [2.45, 2.75) is 43.6 Å². The van der Waals surface area contributed by atoms with E-state index in [0.717, 1.165) is 22.7 Å². The molecule has 152 valence electrons. The number of thiophene rings is 1. The molecular formula is C20H21N3O4S2. The molecule has 2 N–H and O–H groups in total. The van der Waals surface area contributed by atoms with Gasteiger partial charge in [0.05, 0.1) is 10.8 Å². The fourth-order valence-electron chi connectivity index (χ4n) is 2.78. The molecule has 0 saturated heterocycles. The first kappa shape index (κ1) is 21.1. The molecule has 0 saturated carbocycles. The lowest BCUT2D eigenvalue weighted by atomic mass is 10.1. The number of aliphatic carboxylic acids is 1. The number of carboxylic acids is 1. The van der Waals surface area contributed by atoms with E-state index < -0.39 is 23.3 Å². The van der Waals surface area contributed by atoms with Crippen LogP contribution in [0.15, 0.2) is 45.7 Å². The Bertz CT molecular complexity index is 1090. The molecule has 3 aromatic rings. The highest BCUT2D eigenvalue weighted by Gasteiger charge is 2.23. The van der Waals surface area contributed by atoms with Gasteiger partial charge in [0.25, 0.3) is 5.56 Å². The predicted octanol–water partition coefficient (Wildman–Crippen LogP) is 3.61. The topological polar surface area (TPSA) is 101 Å². The summed E-state index contributed by atoms with van der Waals surface area (Å²) >= 11 is 2.33. The fraction of sp³-hybridized carbons (Fsp3) is 0.300. The van der Waals surface area contributed by atoms with E-state index in [9.17, 15) is 19.5 Å². The molecule has 3 rings (SSSR count). The lowest BCUT2D eigenvalue weighted by molar-refractivity contribution is -0.137. The summed E-state index contributed by atoms with van der Waals surface area (Å²) in [5, 5.41) is 13.5. The number of benzene rings is 1. The molecule has 1 aromatic carbocycles. The van der Waals surface area contributed by atoms with Crippen LogP contribution in [0.25, 0.3) is 10.2 Å². The van der Waals surface area contributed by atoms with Gasteiger partial charge in [-0.2, -0.15) is 0 Å². The second kappa shape index (κ2) is 9.23. The maximum atomic E-state index is 12.8. The number of amides is 1. The number of nitrogens with zero attached hydrogens (tertiary/aromatic N) is 2. The van der Waals surface area contributed by atoms with Gasteiger partial charge in [-0.05, 0) is 42.0 Å². The number of anilines is 1. The Balaban J connectivity index is 1.87. The monoisotopic (exact) mass is 431 g/mol. The number of aromatic nitrogens is 2. The molecule has 0 aliphatic carbocycles. The molecule has 0 aliphatic heterocycles. The van der Waals surface area contributed by atoms with Crippen LogP contribution in [0, 0.1) is 0 Å². The molecule has 7 nitrogen and oxygen atoms in total. The Hall–Kier alpha value is -2.65. The summed E-state index contributed by atoms with van der Waals surface area (Å²) in [5.74, 6) is -1.36. The molecule has 2 aromatic heterocycles. The van der Waals surface area contributed by atoms with Gasteiger partial charge in [-0.15, -0.1) is 11.3 Å². The van der Waals surface area contributed by atoms with Gasteiger partial charge in [0.2, 0.25) is 5.91 Å². The number of thioether (sulfide) groups is 1. The quantitative estimate of drug-likeness (QED) is 0.417. The lowest BCUT2D eigenvalue weighted by Crippen LogP contribution is -2.29. The normalized spacial score (nSPS) is 12.1. The zero-order valence-electron chi connectivity index (χ0n) is 16.0. The molecule has 0 fully saturated rings. The van der Waals surface area contributed by atoms with E-state index in [4.69, 9.17) is 0 Å². The lowest BCUT2D eigenvalue weighted by Gasteiger charge is -2.17. The van der Waals surface area contributed by atoms with Crippen molar-refractivity contribution >= 4 is 50.9 Å². The maximum Gasteiger partial charge on any atom is 0.323 e. The second-order valence-electron chi connectivity index (χ2n) is 6.37. The molecular weight excluding hydrogens is 410 g/mol. The average molecular weight is 432 g/mol. The van der Waals surface area contributed by atoms with Crippen LogP contribution in [0.5, 0.6) is 0 Å². The van der Waals surface area contributed by atoms with Crippen molar-refractivity contribution in [1.29, 1.82) is 0 Å². The van der Waals surface area contributed by atoms with E-state index >= 15 is 0 Å². The summed E-state index contributed by atoms with van der Waals surface area (Å²) in [4.78, 5) is 41.2. The van der Waals surface area contributed by atoms with Gasteiger partial charge in [0, 0.05) is 5.69 Å². The van der Waals surface area contributed by atoms with Crippen molar-refractivity contribution in [3.63, 3.8) is 0 Å². The number of carbonyl (C=O) groups is 2. The molecule has 0 spiro atoms. The predicted molar refractivity (Wildman–Crippen MR) is 116 cm³/mol. The minimum Gasteiger partial charge on any atom is -0.480 e. The van der Waals surface area contributed by atoms with E-state index in [-0.39, 0.29) is 11.1 Å². The van der Waals surface area contributed by atoms with Gasteiger partial charge < -0.3 is 10.4 Å². The van der Waals surface area contributed by atoms with Gasteiger partial charge in [-0.25, -0.2) is 4.98 Å². The third-order valence-electron chi connectivity index (χ3n) is 4.36. The average Bonchev–Trinajstić information content (AvgIpc) is 3.17. The van der Waals surface area contributed by atoms with Crippen molar-refractivity contribution in [3.8, 4) is 0 Å². The number of aryl methyl sites for hydroxylation is 1. The molecule has 2 heterocycles. The van der Waals surface area contributed by atoms with Crippen LogP contribution in [0.2, 0.25) is 0 Å². The van der Waals surface area contributed by atoms with Crippen molar-refractivity contribution in [1.82, 2.24) is 9.55 Å². The zero-order chi connectivity index (χ0) is 21.0. The third kappa shape index (κ3) is 4.86. The molecule has 1 atom stereocenters. The van der Waals surface area contributed by atoms with Crippen LogP contribution in [0.4, 0.5) is 5.69 Å². The van der Waals surface area contributed by atoms with Crippen LogP contribution >= 0.6 is 23.1 Å². The zero-order valence-corrected chi connectivity index (χ0v) is 17.7. The minimum atomic E-state index is -1.14. The summed E-state index contributed by atoms with van der Waals surface area (Å²) in [7, 11) is 0. The van der Waals surface area contributed by atoms with Gasteiger partial charge in [0.15, 0.2) is 5.16 Å². The Labute approximate surface area is 175 Å². The first-order valence-corrected chi connectivity index (χ1v) is 10.9. The van der Waals surface area contributed by atoms with E-state index in [1.54, 1.807) is 11.4 Å². The standard InChI is InChI=1S/C20H21N3O4S2/c1-3-12-5-7-13(8-6-12)21-18(26)15(4-2)29-20-22-14-9-10-28-17(14)19(27)23(20)11-16(24)25/h5-10,15H,3-4,11H2,1-2H3,(H,21,26)(H,24,25)/t15-/m1/s1. The van der Waals surface area contributed by atoms with Gasteiger partial charge in [-0.1, -0.05) is 37.7 Å². The Morgan fingerprint density at radius 3 is 2.59 bits per heavy atom. The number of nitrogens with one attached hydrogen (secondary N) is 1. The highest BCUT2D eigenvalue weighted by atomic mass is 32.2. The van der Waals surface area contributed by atoms with Crippen LogP contribution in [0.1, 0.15) is 25.8 Å². The Morgan fingerprint density at radius 2 is 1.97 bits per heavy atom. The number of rotatable bonds is 8. The molecule has 9 heteroatoms. The van der Waals surface area contributed by atoms with Crippen LogP contribution < -0.4 is 10.9 Å². The summed E-state index contributed by atoms with van der Waals surface area (Å²) in [6, 6.07) is 9.34. The van der Waals surface area contributed by atoms with E-state index in [2.05, 4.69) is 17.2 Å². The van der Waals surface area contributed by atoms with Crippen molar-refractivity contribution in [2.75, 3.05) is 5.32 Å². The SMILES string of the molecule is CCc1ccc(NC(=O)[C@@H](CC)Sc2nc3ccsc3c(=O)n2CC(=O)O)cc1. The van der Waals surface area contributed by atoms with Crippen LogP contribution in [-0.2, 0) is 22.6 Å². The summed E-state index contributed by atoms with van der Waals surface area (Å²) in [6.07, 6.45) is 1.41. The molecule has 29 heavy (non-hydrogen) atoms. The third-order valence-corrected chi connectivity index (χ3v) is 6.61. The van der Waals surface area contributed by atoms with E-state index in [1.165, 1.54) is 16.9 Å². The van der Waals surface area contributed by atoms with Crippen molar-refractivity contribution in [2.24, 2.45) is 0 Å².